The van der Waals surface area contributed by atoms with Gasteiger partial charge in [-0.25, -0.2) is 0 Å². The minimum atomic E-state index is -0.0891. The predicted octanol–water partition coefficient (Wildman–Crippen LogP) is 6.38. The summed E-state index contributed by atoms with van der Waals surface area (Å²) in [6.07, 6.45) is 14.2. The van der Waals surface area contributed by atoms with Gasteiger partial charge in [0.15, 0.2) is 0 Å². The highest BCUT2D eigenvalue weighted by atomic mass is 16.5. The number of rotatable bonds is 5. The first-order valence-electron chi connectivity index (χ1n) is 12.2. The lowest BCUT2D eigenvalue weighted by Gasteiger charge is -2.58. The van der Waals surface area contributed by atoms with E-state index >= 15 is 0 Å². The van der Waals surface area contributed by atoms with Crippen molar-refractivity contribution in [2.45, 2.75) is 105 Å². The summed E-state index contributed by atoms with van der Waals surface area (Å²) in [6.45, 7) is 12.9. The van der Waals surface area contributed by atoms with Crippen molar-refractivity contribution in [2.75, 3.05) is 6.61 Å². The Morgan fingerprint density at radius 3 is 2.61 bits per heavy atom. The second-order valence-electron chi connectivity index (χ2n) is 11.6. The average Bonchev–Trinajstić information content (AvgIpc) is 2.99. The zero-order valence-corrected chi connectivity index (χ0v) is 19.0. The smallest absolute Gasteiger partial charge is 0.0577 e. The molecule has 4 aliphatic carbocycles. The van der Waals surface area contributed by atoms with Crippen molar-refractivity contribution in [3.8, 4) is 0 Å². The molecule has 0 aromatic heterocycles. The summed E-state index contributed by atoms with van der Waals surface area (Å²) in [4.78, 5) is 0. The molecule has 0 saturated heterocycles. The molecule has 0 aromatic carbocycles. The molecular weight excluding hydrogens is 344 g/mol. The van der Waals surface area contributed by atoms with Crippen LogP contribution in [0, 0.1) is 40.4 Å². The Kier molecular flexibility index (Phi) is 5.77. The second-order valence-corrected chi connectivity index (χ2v) is 11.6. The Balaban J connectivity index is 1.45. The monoisotopic (exact) mass is 388 g/mol. The summed E-state index contributed by atoms with van der Waals surface area (Å²) in [5.74, 6) is 4.10. The lowest BCUT2D eigenvalue weighted by atomic mass is 9.47. The SMILES string of the molecule is CC(C)C(C)OCC[C@H]1CC[C@H]2[C@@H]3CC=C4C[C@@H](O)CC[C@]4(C)[C@H]3CC[C@]12C. The normalized spacial score (nSPS) is 46.5. The molecule has 0 radical (unpaired) electrons. The van der Waals surface area contributed by atoms with Gasteiger partial charge >= 0.3 is 0 Å². The van der Waals surface area contributed by atoms with E-state index in [4.69, 9.17) is 4.74 Å². The molecule has 4 rings (SSSR count). The van der Waals surface area contributed by atoms with E-state index in [1.165, 1.54) is 44.9 Å². The fraction of sp³-hybridized carbons (Fsp3) is 0.923. The van der Waals surface area contributed by atoms with E-state index in [9.17, 15) is 5.11 Å². The van der Waals surface area contributed by atoms with Gasteiger partial charge in [0.05, 0.1) is 12.2 Å². The largest absolute Gasteiger partial charge is 0.393 e. The summed E-state index contributed by atoms with van der Waals surface area (Å²) in [5, 5.41) is 10.2. The lowest BCUT2D eigenvalue weighted by molar-refractivity contribution is -0.0564. The molecule has 2 nitrogen and oxygen atoms in total. The van der Waals surface area contributed by atoms with E-state index in [1.54, 1.807) is 5.57 Å². The van der Waals surface area contributed by atoms with Gasteiger partial charge in [0.25, 0.3) is 0 Å². The van der Waals surface area contributed by atoms with E-state index in [0.29, 0.717) is 22.9 Å². The van der Waals surface area contributed by atoms with Crippen molar-refractivity contribution in [3.63, 3.8) is 0 Å². The molecule has 0 amide bonds. The highest BCUT2D eigenvalue weighted by Gasteiger charge is 2.58. The Morgan fingerprint density at radius 1 is 1.07 bits per heavy atom. The van der Waals surface area contributed by atoms with Crippen LogP contribution in [0.3, 0.4) is 0 Å². The molecule has 0 spiro atoms. The summed E-state index contributed by atoms with van der Waals surface area (Å²) in [7, 11) is 0. The van der Waals surface area contributed by atoms with Crippen molar-refractivity contribution in [2.24, 2.45) is 40.4 Å². The molecule has 0 aromatic rings. The number of ether oxygens (including phenoxy) is 1. The summed E-state index contributed by atoms with van der Waals surface area (Å²) < 4.78 is 6.16. The molecule has 0 aliphatic heterocycles. The maximum absolute atomic E-state index is 10.2. The van der Waals surface area contributed by atoms with Crippen molar-refractivity contribution < 1.29 is 9.84 Å². The van der Waals surface area contributed by atoms with Crippen LogP contribution in [0.5, 0.6) is 0 Å². The number of hydrogen-bond donors (Lipinski definition) is 1. The van der Waals surface area contributed by atoms with Crippen LogP contribution >= 0.6 is 0 Å². The Bertz CT molecular complexity index is 595. The molecule has 1 unspecified atom stereocenters. The van der Waals surface area contributed by atoms with Gasteiger partial charge in [-0.1, -0.05) is 39.3 Å². The third-order valence-corrected chi connectivity index (χ3v) is 10.1. The van der Waals surface area contributed by atoms with Crippen LogP contribution in [0.4, 0.5) is 0 Å². The van der Waals surface area contributed by atoms with Gasteiger partial charge in [-0.05, 0) is 105 Å². The van der Waals surface area contributed by atoms with Gasteiger partial charge in [0.2, 0.25) is 0 Å². The maximum atomic E-state index is 10.2. The quantitative estimate of drug-likeness (QED) is 0.554. The number of fused-ring (bicyclic) bond motifs is 5. The van der Waals surface area contributed by atoms with Crippen molar-refractivity contribution in [1.82, 2.24) is 0 Å². The molecule has 4 aliphatic rings. The van der Waals surface area contributed by atoms with E-state index in [2.05, 4.69) is 40.7 Å². The van der Waals surface area contributed by atoms with Crippen molar-refractivity contribution in [3.05, 3.63) is 11.6 Å². The first-order valence-corrected chi connectivity index (χ1v) is 12.2. The molecule has 3 saturated carbocycles. The van der Waals surface area contributed by atoms with Gasteiger partial charge in [-0.2, -0.15) is 0 Å². The molecule has 3 fully saturated rings. The van der Waals surface area contributed by atoms with Crippen LogP contribution in [0.2, 0.25) is 0 Å². The first-order chi connectivity index (χ1) is 13.3. The van der Waals surface area contributed by atoms with Crippen molar-refractivity contribution >= 4 is 0 Å². The van der Waals surface area contributed by atoms with Crippen LogP contribution < -0.4 is 0 Å². The van der Waals surface area contributed by atoms with E-state index in [1.807, 2.05) is 0 Å². The fourth-order valence-electron chi connectivity index (χ4n) is 7.81. The van der Waals surface area contributed by atoms with Crippen LogP contribution in [0.25, 0.3) is 0 Å². The summed E-state index contributed by atoms with van der Waals surface area (Å²) >= 11 is 0. The Labute approximate surface area is 173 Å². The summed E-state index contributed by atoms with van der Waals surface area (Å²) in [6, 6.07) is 0. The predicted molar refractivity (Wildman–Crippen MR) is 116 cm³/mol. The molecule has 160 valence electrons. The maximum Gasteiger partial charge on any atom is 0.0577 e. The van der Waals surface area contributed by atoms with Gasteiger partial charge in [-0.3, -0.25) is 0 Å². The molecular formula is C26H44O2. The molecule has 0 heterocycles. The van der Waals surface area contributed by atoms with E-state index in [0.717, 1.165) is 43.1 Å². The highest BCUT2D eigenvalue weighted by Crippen LogP contribution is 2.66. The van der Waals surface area contributed by atoms with Crippen molar-refractivity contribution in [1.29, 1.82) is 0 Å². The molecule has 2 heteroatoms. The van der Waals surface area contributed by atoms with Gasteiger partial charge < -0.3 is 9.84 Å². The average molecular weight is 389 g/mol. The number of aliphatic hydroxyl groups is 1. The fourth-order valence-corrected chi connectivity index (χ4v) is 7.81. The molecule has 0 bridgehead atoms. The third-order valence-electron chi connectivity index (χ3n) is 10.1. The van der Waals surface area contributed by atoms with Gasteiger partial charge in [0, 0.05) is 6.61 Å². The number of allylic oxidation sites excluding steroid dienone is 1. The standard InChI is InChI=1S/C26H44O2/c1-17(2)18(3)28-15-12-19-7-9-23-22-8-6-20-16-21(27)10-13-26(20,5)24(22)11-14-25(19,23)4/h6,17-19,21-24,27H,7-16H2,1-5H3/t18?,19-,21+,22+,23+,24+,25-,26+/m1/s1. The zero-order chi connectivity index (χ0) is 20.1. The minimum Gasteiger partial charge on any atom is -0.393 e. The van der Waals surface area contributed by atoms with Crippen LogP contribution in [0.1, 0.15) is 92.4 Å². The lowest BCUT2D eigenvalue weighted by Crippen LogP contribution is -2.50. The summed E-state index contributed by atoms with van der Waals surface area (Å²) in [5.41, 5.74) is 2.50. The first kappa shape index (κ1) is 20.9. The van der Waals surface area contributed by atoms with E-state index in [-0.39, 0.29) is 6.10 Å². The highest BCUT2D eigenvalue weighted by molar-refractivity contribution is 5.25. The minimum absolute atomic E-state index is 0.0891. The van der Waals surface area contributed by atoms with Crippen LogP contribution in [-0.2, 0) is 4.74 Å². The van der Waals surface area contributed by atoms with Crippen LogP contribution in [-0.4, -0.2) is 23.9 Å². The third kappa shape index (κ3) is 3.41. The van der Waals surface area contributed by atoms with Gasteiger partial charge in [-0.15, -0.1) is 0 Å². The molecule has 1 N–H and O–H groups in total. The van der Waals surface area contributed by atoms with Gasteiger partial charge in [0.1, 0.15) is 0 Å². The van der Waals surface area contributed by atoms with E-state index < -0.39 is 0 Å². The van der Waals surface area contributed by atoms with Crippen LogP contribution in [0.15, 0.2) is 11.6 Å². The molecule has 28 heavy (non-hydrogen) atoms. The Morgan fingerprint density at radius 2 is 1.86 bits per heavy atom. The number of aliphatic hydroxyl groups excluding tert-OH is 1. The number of hydrogen-bond acceptors (Lipinski definition) is 2. The molecule has 8 atom stereocenters. The zero-order valence-electron chi connectivity index (χ0n) is 19.0. The Hall–Kier alpha value is -0.340. The second kappa shape index (κ2) is 7.73. The topological polar surface area (TPSA) is 29.5 Å².